The Bertz CT molecular complexity index is 1560. The molecule has 1 aromatic heterocycles. The maximum Gasteiger partial charge on any atom is 0.329 e. The number of aromatic nitrogens is 2. The van der Waals surface area contributed by atoms with Gasteiger partial charge in [0.1, 0.15) is 17.4 Å². The minimum Gasteiger partial charge on any atom is -0.494 e. The Morgan fingerprint density at radius 2 is 1.78 bits per heavy atom. The number of hydrogen-bond acceptors (Lipinski definition) is 12. The Kier molecular flexibility index (Phi) is 12.0. The van der Waals surface area contributed by atoms with Crippen LogP contribution in [0.1, 0.15) is 0 Å². The van der Waals surface area contributed by atoms with Gasteiger partial charge in [-0.1, -0.05) is 23.7 Å². The van der Waals surface area contributed by atoms with Crippen molar-refractivity contribution >= 4 is 62.1 Å². The third-order valence-corrected chi connectivity index (χ3v) is 8.52. The van der Waals surface area contributed by atoms with E-state index in [1.165, 1.54) is 17.5 Å². The van der Waals surface area contributed by atoms with E-state index in [0.29, 0.717) is 41.8 Å². The van der Waals surface area contributed by atoms with Crippen LogP contribution in [0, 0.1) is 0 Å². The van der Waals surface area contributed by atoms with Gasteiger partial charge in [-0.15, -0.1) is 0 Å². The Hall–Kier alpha value is -3.89. The Morgan fingerprint density at radius 3 is 2.49 bits per heavy atom. The predicted octanol–water partition coefficient (Wildman–Crippen LogP) is 3.26. The van der Waals surface area contributed by atoms with Crippen LogP contribution in [0.25, 0.3) is 0 Å². The van der Waals surface area contributed by atoms with E-state index in [2.05, 4.69) is 30.4 Å². The number of rotatable bonds is 16. The number of aliphatic carboxylic acids is 1. The number of ether oxygens (including phenoxy) is 3. The lowest BCUT2D eigenvalue weighted by Crippen LogP contribution is -2.47. The first-order chi connectivity index (χ1) is 21.5. The number of piperazine rings is 1. The Morgan fingerprint density at radius 1 is 1.04 bits per heavy atom. The molecule has 244 valence electrons. The molecule has 16 heteroatoms. The van der Waals surface area contributed by atoms with Gasteiger partial charge in [0.05, 0.1) is 56.4 Å². The number of carbonyl (C=O) groups is 1. The van der Waals surface area contributed by atoms with Gasteiger partial charge in [-0.25, -0.2) is 18.2 Å². The number of sulfonamides is 1. The molecule has 0 unspecified atom stereocenters. The van der Waals surface area contributed by atoms with Gasteiger partial charge in [0.2, 0.25) is 16.0 Å². The van der Waals surface area contributed by atoms with Crippen LogP contribution in [0.15, 0.2) is 48.7 Å². The molecule has 0 atom stereocenters. The molecular formula is C29H38ClN7O7S. The number of nitrogens with one attached hydrogen (secondary N) is 2. The minimum absolute atomic E-state index is 0.259. The van der Waals surface area contributed by atoms with Crippen molar-refractivity contribution in [3.63, 3.8) is 0 Å². The quantitative estimate of drug-likeness (QED) is 0.192. The summed E-state index contributed by atoms with van der Waals surface area (Å²) in [6.07, 6.45) is 2.59. The monoisotopic (exact) mass is 663 g/mol. The van der Waals surface area contributed by atoms with E-state index in [4.69, 9.17) is 30.9 Å². The average molecular weight is 664 g/mol. The molecule has 1 fully saturated rings. The zero-order chi connectivity index (χ0) is 32.4. The number of halogens is 1. The van der Waals surface area contributed by atoms with Crippen molar-refractivity contribution in [3.05, 3.63) is 53.7 Å². The highest BCUT2D eigenvalue weighted by Crippen LogP contribution is 2.34. The summed E-state index contributed by atoms with van der Waals surface area (Å²) in [5.41, 5.74) is 2.63. The molecule has 0 bridgehead atoms. The van der Waals surface area contributed by atoms with Crippen molar-refractivity contribution in [1.29, 1.82) is 0 Å². The summed E-state index contributed by atoms with van der Waals surface area (Å²) >= 11 is 6.40. The van der Waals surface area contributed by atoms with E-state index in [9.17, 15) is 13.2 Å². The zero-order valence-electron chi connectivity index (χ0n) is 25.4. The number of nitrogens with zero attached hydrogens (tertiary/aromatic N) is 5. The van der Waals surface area contributed by atoms with Crippen LogP contribution in [0.5, 0.6) is 5.75 Å². The van der Waals surface area contributed by atoms with Gasteiger partial charge in [-0.2, -0.15) is 4.98 Å². The molecule has 1 aliphatic rings. The predicted molar refractivity (Wildman–Crippen MR) is 174 cm³/mol. The van der Waals surface area contributed by atoms with Crippen LogP contribution in [-0.4, -0.2) is 114 Å². The fourth-order valence-corrected chi connectivity index (χ4v) is 5.23. The van der Waals surface area contributed by atoms with Crippen molar-refractivity contribution in [3.8, 4) is 5.75 Å². The standard InChI is InChI=1S/C29H38ClN7O7S/c1-35(45(3,40)41)25-7-5-4-6-23(25)32-28-22(30)19-31-29(34-28)33-24-9-8-21(18-26(24)42-2)37-12-10-36(11-13-37)14-15-43-16-17-44-20-27(38)39/h4-9,18-19H,10-17,20H2,1-3H3,(H,38,39)(H2,31,32,33,34). The average Bonchev–Trinajstić information content (AvgIpc) is 3.02. The minimum atomic E-state index is -3.49. The second-order valence-corrected chi connectivity index (χ2v) is 12.6. The lowest BCUT2D eigenvalue weighted by atomic mass is 10.2. The van der Waals surface area contributed by atoms with Crippen molar-refractivity contribution in [2.45, 2.75) is 0 Å². The molecule has 1 aliphatic heterocycles. The molecule has 0 radical (unpaired) electrons. The van der Waals surface area contributed by atoms with Gasteiger partial charge >= 0.3 is 5.97 Å². The molecule has 2 heterocycles. The topological polar surface area (TPSA) is 159 Å². The van der Waals surface area contributed by atoms with Gasteiger partial charge < -0.3 is 34.9 Å². The van der Waals surface area contributed by atoms with Crippen molar-refractivity contribution in [2.24, 2.45) is 0 Å². The summed E-state index contributed by atoms with van der Waals surface area (Å²) in [4.78, 5) is 23.9. The number of anilines is 6. The molecule has 0 aliphatic carbocycles. The van der Waals surface area contributed by atoms with E-state index in [1.807, 2.05) is 18.2 Å². The van der Waals surface area contributed by atoms with Crippen LogP contribution in [0.2, 0.25) is 5.02 Å². The first kappa shape index (κ1) is 34.0. The molecule has 45 heavy (non-hydrogen) atoms. The van der Waals surface area contributed by atoms with Gasteiger partial charge in [-0.3, -0.25) is 9.21 Å². The number of methoxy groups -OCH3 is 1. The maximum atomic E-state index is 12.1. The van der Waals surface area contributed by atoms with E-state index in [-0.39, 0.29) is 24.2 Å². The fraction of sp³-hybridized carbons (Fsp3) is 0.414. The van der Waals surface area contributed by atoms with Crippen LogP contribution < -0.4 is 24.6 Å². The normalized spacial score (nSPS) is 13.8. The van der Waals surface area contributed by atoms with Crippen LogP contribution in [0.4, 0.5) is 34.5 Å². The van der Waals surface area contributed by atoms with E-state index < -0.39 is 16.0 Å². The van der Waals surface area contributed by atoms with Gasteiger partial charge in [0.15, 0.2) is 5.82 Å². The van der Waals surface area contributed by atoms with Gasteiger partial charge in [0.25, 0.3) is 0 Å². The van der Waals surface area contributed by atoms with Crippen molar-refractivity contribution in [2.75, 3.05) is 99.4 Å². The van der Waals surface area contributed by atoms with Crippen molar-refractivity contribution < 1.29 is 32.5 Å². The van der Waals surface area contributed by atoms with Crippen LogP contribution in [-0.2, 0) is 24.3 Å². The third kappa shape index (κ3) is 9.80. The molecule has 4 rings (SSSR count). The SMILES string of the molecule is COc1cc(N2CCN(CCOCCOCC(=O)O)CC2)ccc1Nc1ncc(Cl)c(Nc2ccccc2N(C)S(C)(=O)=O)n1. The Balaban J connectivity index is 1.35. The summed E-state index contributed by atoms with van der Waals surface area (Å²) in [6, 6.07) is 12.8. The molecule has 2 aromatic carbocycles. The van der Waals surface area contributed by atoms with Gasteiger partial charge in [0, 0.05) is 51.5 Å². The molecule has 1 saturated heterocycles. The van der Waals surface area contributed by atoms with E-state index in [1.54, 1.807) is 31.4 Å². The molecule has 0 saturated carbocycles. The summed E-state index contributed by atoms with van der Waals surface area (Å²) in [6.45, 7) is 5.07. The lowest BCUT2D eigenvalue weighted by Gasteiger charge is -2.36. The molecule has 3 aromatic rings. The highest BCUT2D eigenvalue weighted by atomic mass is 35.5. The number of para-hydroxylation sites is 2. The summed E-state index contributed by atoms with van der Waals surface area (Å²) in [7, 11) is -0.417. The number of carboxylic acids is 1. The fourth-order valence-electron chi connectivity index (χ4n) is 4.58. The third-order valence-electron chi connectivity index (χ3n) is 7.06. The largest absolute Gasteiger partial charge is 0.494 e. The summed E-state index contributed by atoms with van der Waals surface area (Å²) in [5, 5.41) is 15.2. The van der Waals surface area contributed by atoms with E-state index >= 15 is 0 Å². The Labute approximate surface area is 267 Å². The van der Waals surface area contributed by atoms with Crippen LogP contribution in [0.3, 0.4) is 0 Å². The molecule has 3 N–H and O–H groups in total. The zero-order valence-corrected chi connectivity index (χ0v) is 27.0. The highest BCUT2D eigenvalue weighted by Gasteiger charge is 2.20. The lowest BCUT2D eigenvalue weighted by molar-refractivity contribution is -0.142. The van der Waals surface area contributed by atoms with Crippen LogP contribution >= 0.6 is 11.6 Å². The first-order valence-corrected chi connectivity index (χ1v) is 16.4. The second kappa shape index (κ2) is 15.9. The smallest absolute Gasteiger partial charge is 0.329 e. The molecule has 0 amide bonds. The number of benzene rings is 2. The van der Waals surface area contributed by atoms with Gasteiger partial charge in [-0.05, 0) is 24.3 Å². The number of hydrogen-bond donors (Lipinski definition) is 3. The molecule has 0 spiro atoms. The summed E-state index contributed by atoms with van der Waals surface area (Å²) < 4.78 is 41.7. The molecule has 14 nitrogen and oxygen atoms in total. The number of carboxylic acid groups (broad SMARTS) is 1. The first-order valence-electron chi connectivity index (χ1n) is 14.2. The maximum absolute atomic E-state index is 12.1. The second-order valence-electron chi connectivity index (χ2n) is 10.2. The van der Waals surface area contributed by atoms with Crippen molar-refractivity contribution in [1.82, 2.24) is 14.9 Å². The van der Waals surface area contributed by atoms with E-state index in [0.717, 1.165) is 44.7 Å². The molecular weight excluding hydrogens is 626 g/mol. The highest BCUT2D eigenvalue weighted by molar-refractivity contribution is 7.92. The summed E-state index contributed by atoms with van der Waals surface area (Å²) in [5.74, 6) is 0.192.